The van der Waals surface area contributed by atoms with E-state index in [0.717, 1.165) is 25.6 Å². The first-order chi connectivity index (χ1) is 6.22. The van der Waals surface area contributed by atoms with Gasteiger partial charge in [-0.15, -0.1) is 12.4 Å². The first-order valence-corrected chi connectivity index (χ1v) is 4.63. The molecule has 2 N–H and O–H groups in total. The number of nitrogens with one attached hydrogen (secondary N) is 2. The maximum Gasteiger partial charge on any atom is 0.292 e. The van der Waals surface area contributed by atoms with Crippen LogP contribution in [0.3, 0.4) is 0 Å². The van der Waals surface area contributed by atoms with Crippen molar-refractivity contribution >= 4 is 18.9 Å². The Hall–Kier alpha value is -0.320. The second kappa shape index (κ2) is 10.8. The number of methoxy groups -OCH3 is 1. The van der Waals surface area contributed by atoms with Crippen LogP contribution in [0.15, 0.2) is 0 Å². The van der Waals surface area contributed by atoms with Crippen LogP contribution in [-0.4, -0.2) is 39.3 Å². The highest BCUT2D eigenvalue weighted by Crippen LogP contribution is 2.00. The van der Waals surface area contributed by atoms with Crippen LogP contribution in [-0.2, 0) is 9.53 Å². The summed E-state index contributed by atoms with van der Waals surface area (Å²) in [5.41, 5.74) is 0. The molecule has 1 fully saturated rings. The highest BCUT2D eigenvalue weighted by molar-refractivity contribution is 5.85. The third-order valence-corrected chi connectivity index (χ3v) is 1.97. The summed E-state index contributed by atoms with van der Waals surface area (Å²) >= 11 is 0. The van der Waals surface area contributed by atoms with Gasteiger partial charge < -0.3 is 15.4 Å². The number of ether oxygens (including phenoxy) is 1. The predicted molar refractivity (Wildman–Crippen MR) is 59.8 cm³/mol. The van der Waals surface area contributed by atoms with E-state index in [2.05, 4.69) is 29.2 Å². The number of piperazine rings is 1. The van der Waals surface area contributed by atoms with Crippen molar-refractivity contribution in [3.05, 3.63) is 0 Å². The van der Waals surface area contributed by atoms with Crippen LogP contribution in [0.1, 0.15) is 13.8 Å². The van der Waals surface area contributed by atoms with E-state index in [4.69, 9.17) is 4.79 Å². The lowest BCUT2D eigenvalue weighted by atomic mass is 10.0. The molecule has 4 nitrogen and oxygen atoms in total. The maximum absolute atomic E-state index is 8.95. The van der Waals surface area contributed by atoms with Crippen molar-refractivity contribution in [2.75, 3.05) is 26.7 Å². The van der Waals surface area contributed by atoms with Gasteiger partial charge in [0, 0.05) is 25.7 Å². The van der Waals surface area contributed by atoms with Crippen LogP contribution in [0.2, 0.25) is 0 Å². The fourth-order valence-corrected chi connectivity index (χ4v) is 1.15. The molecule has 0 aliphatic carbocycles. The van der Waals surface area contributed by atoms with Gasteiger partial charge in [0.05, 0.1) is 7.11 Å². The summed E-state index contributed by atoms with van der Waals surface area (Å²) in [5.74, 6) is 0.762. The Morgan fingerprint density at radius 3 is 2.21 bits per heavy atom. The van der Waals surface area contributed by atoms with Crippen molar-refractivity contribution in [2.45, 2.75) is 19.9 Å². The summed E-state index contributed by atoms with van der Waals surface area (Å²) in [6.45, 7) is 8.28. The van der Waals surface area contributed by atoms with Crippen molar-refractivity contribution in [2.24, 2.45) is 5.92 Å². The van der Waals surface area contributed by atoms with Gasteiger partial charge in [0.2, 0.25) is 0 Å². The van der Waals surface area contributed by atoms with Gasteiger partial charge in [-0.3, -0.25) is 4.79 Å². The summed E-state index contributed by atoms with van der Waals surface area (Å²) in [7, 11) is 1.31. The van der Waals surface area contributed by atoms with Crippen molar-refractivity contribution in [1.29, 1.82) is 0 Å². The molecule has 1 rings (SSSR count). The molecule has 0 bridgehead atoms. The molecule has 1 aliphatic heterocycles. The average Bonchev–Trinajstić information content (AvgIpc) is 2.19. The lowest BCUT2D eigenvalue weighted by molar-refractivity contribution is -0.126. The van der Waals surface area contributed by atoms with Gasteiger partial charge in [0.15, 0.2) is 0 Å². The van der Waals surface area contributed by atoms with Crippen molar-refractivity contribution in [3.63, 3.8) is 0 Å². The van der Waals surface area contributed by atoms with Crippen LogP contribution in [0.25, 0.3) is 0 Å². The molecule has 0 saturated carbocycles. The predicted octanol–water partition coefficient (Wildman–Crippen LogP) is 0.415. The van der Waals surface area contributed by atoms with Gasteiger partial charge in [-0.05, 0) is 5.92 Å². The Morgan fingerprint density at radius 1 is 1.43 bits per heavy atom. The van der Waals surface area contributed by atoms with Gasteiger partial charge in [0.25, 0.3) is 6.47 Å². The topological polar surface area (TPSA) is 50.4 Å². The van der Waals surface area contributed by atoms with E-state index in [1.54, 1.807) is 0 Å². The largest absolute Gasteiger partial charge is 0.471 e. The fourth-order valence-electron chi connectivity index (χ4n) is 1.15. The number of halogens is 1. The molecule has 0 amide bonds. The van der Waals surface area contributed by atoms with Crippen LogP contribution in [0, 0.1) is 5.92 Å². The van der Waals surface area contributed by atoms with Gasteiger partial charge in [0.1, 0.15) is 0 Å². The Morgan fingerprint density at radius 2 is 2.00 bits per heavy atom. The van der Waals surface area contributed by atoms with E-state index >= 15 is 0 Å². The smallest absolute Gasteiger partial charge is 0.292 e. The molecule has 1 atom stereocenters. The maximum atomic E-state index is 8.95. The van der Waals surface area contributed by atoms with Gasteiger partial charge in [-0.2, -0.15) is 0 Å². The second-order valence-corrected chi connectivity index (χ2v) is 3.34. The van der Waals surface area contributed by atoms with Gasteiger partial charge in [-0.25, -0.2) is 0 Å². The van der Waals surface area contributed by atoms with Crippen LogP contribution < -0.4 is 10.6 Å². The molecular weight excluding hydrogens is 204 g/mol. The molecule has 1 heterocycles. The minimum atomic E-state index is 0. The SMILES string of the molecule is CC(C)[C@H]1CNCCN1.COC=O.Cl. The molecule has 0 aromatic heterocycles. The Labute approximate surface area is 92.2 Å². The molecule has 0 spiro atoms. The lowest BCUT2D eigenvalue weighted by Gasteiger charge is -2.27. The first-order valence-electron chi connectivity index (χ1n) is 4.63. The van der Waals surface area contributed by atoms with Gasteiger partial charge >= 0.3 is 0 Å². The number of hydrogen-bond acceptors (Lipinski definition) is 4. The van der Waals surface area contributed by atoms with Crippen LogP contribution in [0.4, 0.5) is 0 Å². The molecule has 86 valence electrons. The van der Waals surface area contributed by atoms with E-state index < -0.39 is 0 Å². The summed E-state index contributed by atoms with van der Waals surface area (Å²) < 4.78 is 3.86. The molecule has 1 saturated heterocycles. The van der Waals surface area contributed by atoms with E-state index in [1.165, 1.54) is 7.11 Å². The third kappa shape index (κ3) is 8.29. The van der Waals surface area contributed by atoms with Crippen LogP contribution >= 0.6 is 12.4 Å². The number of rotatable bonds is 2. The Kier molecular flexibility index (Phi) is 12.4. The van der Waals surface area contributed by atoms with E-state index in [-0.39, 0.29) is 12.4 Å². The van der Waals surface area contributed by atoms with E-state index in [1.807, 2.05) is 0 Å². The zero-order valence-corrected chi connectivity index (χ0v) is 9.89. The number of carbonyl (C=O) groups excluding carboxylic acids is 1. The molecule has 14 heavy (non-hydrogen) atoms. The molecular formula is C9H21ClN2O2. The number of hydrogen-bond donors (Lipinski definition) is 2. The molecule has 5 heteroatoms. The third-order valence-electron chi connectivity index (χ3n) is 1.97. The summed E-state index contributed by atoms with van der Waals surface area (Å²) in [4.78, 5) is 8.95. The second-order valence-electron chi connectivity index (χ2n) is 3.34. The highest BCUT2D eigenvalue weighted by atomic mass is 35.5. The lowest BCUT2D eigenvalue weighted by Crippen LogP contribution is -2.50. The van der Waals surface area contributed by atoms with E-state index in [9.17, 15) is 0 Å². The molecule has 1 aliphatic rings. The zero-order valence-electron chi connectivity index (χ0n) is 9.08. The van der Waals surface area contributed by atoms with Crippen LogP contribution in [0.5, 0.6) is 0 Å². The summed E-state index contributed by atoms with van der Waals surface area (Å²) in [5, 5.41) is 6.81. The Balaban J connectivity index is 0. The Bertz CT molecular complexity index is 128. The molecule has 0 unspecified atom stereocenters. The normalized spacial score (nSPS) is 20.1. The average molecular weight is 225 g/mol. The van der Waals surface area contributed by atoms with Crippen molar-refractivity contribution in [3.8, 4) is 0 Å². The van der Waals surface area contributed by atoms with Gasteiger partial charge in [-0.1, -0.05) is 13.8 Å². The highest BCUT2D eigenvalue weighted by Gasteiger charge is 2.14. The summed E-state index contributed by atoms with van der Waals surface area (Å²) in [6.07, 6.45) is 0. The van der Waals surface area contributed by atoms with Crippen molar-refractivity contribution < 1.29 is 9.53 Å². The summed E-state index contributed by atoms with van der Waals surface area (Å²) in [6, 6.07) is 0.693. The standard InChI is InChI=1S/C7H16N2.C2H4O2.ClH/c1-6(2)7-5-8-3-4-9-7;1-4-2-3;/h6-9H,3-5H2,1-2H3;2H,1H3;1H/t7-;;/m1../s1. The minimum Gasteiger partial charge on any atom is -0.471 e. The van der Waals surface area contributed by atoms with Crippen molar-refractivity contribution in [1.82, 2.24) is 10.6 Å². The number of carbonyl (C=O) groups is 1. The fraction of sp³-hybridized carbons (Fsp3) is 0.889. The van der Waals surface area contributed by atoms with E-state index in [0.29, 0.717) is 12.5 Å². The molecule has 0 aromatic carbocycles. The minimum absolute atomic E-state index is 0. The zero-order chi connectivity index (χ0) is 10.1. The monoisotopic (exact) mass is 224 g/mol. The molecule has 0 radical (unpaired) electrons. The molecule has 0 aromatic rings. The first kappa shape index (κ1) is 16.1. The quantitative estimate of drug-likeness (QED) is 0.668.